The minimum Gasteiger partial charge on any atom is -0.454 e. The van der Waals surface area contributed by atoms with Crippen LogP contribution in [0, 0.1) is 13.8 Å². The van der Waals surface area contributed by atoms with E-state index in [-0.39, 0.29) is 5.91 Å². The van der Waals surface area contributed by atoms with Gasteiger partial charge in [-0.05, 0) is 39.2 Å². The fraction of sp³-hybridized carbons (Fsp3) is 0.632. The van der Waals surface area contributed by atoms with E-state index in [0.717, 1.165) is 29.1 Å². The molecule has 1 saturated carbocycles. The minimum absolute atomic E-state index is 0.384. The van der Waals surface area contributed by atoms with Crippen molar-refractivity contribution in [3.63, 3.8) is 0 Å². The van der Waals surface area contributed by atoms with Gasteiger partial charge in [-0.1, -0.05) is 12.8 Å². The number of nitrogens with one attached hydrogen (secondary N) is 2. The van der Waals surface area contributed by atoms with Gasteiger partial charge in [0.1, 0.15) is 12.1 Å². The number of amides is 4. The van der Waals surface area contributed by atoms with Gasteiger partial charge < -0.3 is 15.4 Å². The van der Waals surface area contributed by atoms with Crippen molar-refractivity contribution in [3.8, 4) is 0 Å². The van der Waals surface area contributed by atoms with E-state index in [0.29, 0.717) is 32.4 Å². The van der Waals surface area contributed by atoms with Crippen LogP contribution < -0.4 is 10.6 Å². The summed E-state index contributed by atoms with van der Waals surface area (Å²) in [5.41, 5.74) is 1.14. The van der Waals surface area contributed by atoms with Crippen molar-refractivity contribution in [1.82, 2.24) is 25.3 Å². The van der Waals surface area contributed by atoms with E-state index < -0.39 is 36.6 Å². The number of carbonyl (C=O) groups is 4. The molecule has 3 rings (SSSR count). The molecule has 4 amide bonds. The van der Waals surface area contributed by atoms with Crippen molar-refractivity contribution in [1.29, 1.82) is 0 Å². The lowest BCUT2D eigenvalue weighted by Crippen LogP contribution is -2.44. The van der Waals surface area contributed by atoms with Crippen molar-refractivity contribution >= 4 is 23.8 Å². The number of nitrogens with zero attached hydrogens (tertiary/aromatic N) is 3. The molecule has 0 unspecified atom stereocenters. The molecule has 1 saturated heterocycles. The van der Waals surface area contributed by atoms with E-state index in [1.807, 2.05) is 24.6 Å². The Hall–Kier alpha value is -2.91. The number of aromatic nitrogens is 2. The largest absolute Gasteiger partial charge is 0.454 e. The van der Waals surface area contributed by atoms with Gasteiger partial charge in [-0.3, -0.25) is 24.0 Å². The summed E-state index contributed by atoms with van der Waals surface area (Å²) >= 11 is 0. The number of urea groups is 1. The zero-order valence-corrected chi connectivity index (χ0v) is 16.8. The Labute approximate surface area is 168 Å². The lowest BCUT2D eigenvalue weighted by atomic mass is 9.98. The van der Waals surface area contributed by atoms with Crippen LogP contribution in [0.15, 0.2) is 6.07 Å². The van der Waals surface area contributed by atoms with Gasteiger partial charge in [-0.2, -0.15) is 5.10 Å². The lowest BCUT2D eigenvalue weighted by molar-refractivity contribution is -0.151. The molecule has 0 atom stereocenters. The highest BCUT2D eigenvalue weighted by molar-refractivity contribution is 6.08. The zero-order valence-electron chi connectivity index (χ0n) is 16.8. The van der Waals surface area contributed by atoms with E-state index in [9.17, 15) is 19.2 Å². The topological polar surface area (TPSA) is 123 Å². The molecule has 158 valence electrons. The van der Waals surface area contributed by atoms with Crippen molar-refractivity contribution in [2.75, 3.05) is 19.7 Å². The van der Waals surface area contributed by atoms with E-state index >= 15 is 0 Å². The first-order valence-electron chi connectivity index (χ1n) is 9.88. The second-order valence-corrected chi connectivity index (χ2v) is 7.63. The summed E-state index contributed by atoms with van der Waals surface area (Å²) in [4.78, 5) is 49.2. The summed E-state index contributed by atoms with van der Waals surface area (Å²) in [5.74, 6) is -1.61. The molecule has 10 heteroatoms. The Morgan fingerprint density at radius 1 is 1.28 bits per heavy atom. The van der Waals surface area contributed by atoms with Gasteiger partial charge in [-0.25, -0.2) is 4.79 Å². The first-order valence-corrected chi connectivity index (χ1v) is 9.88. The minimum atomic E-state index is -0.861. The number of imide groups is 1. The van der Waals surface area contributed by atoms with Crippen LogP contribution >= 0.6 is 0 Å². The van der Waals surface area contributed by atoms with Crippen LogP contribution in [0.25, 0.3) is 0 Å². The molecule has 29 heavy (non-hydrogen) atoms. The summed E-state index contributed by atoms with van der Waals surface area (Å²) in [7, 11) is 0. The molecule has 2 heterocycles. The van der Waals surface area contributed by atoms with Crippen molar-refractivity contribution in [2.24, 2.45) is 0 Å². The van der Waals surface area contributed by atoms with Crippen LogP contribution in [0.3, 0.4) is 0 Å². The third-order valence-electron chi connectivity index (χ3n) is 5.33. The van der Waals surface area contributed by atoms with Gasteiger partial charge in [0, 0.05) is 18.8 Å². The molecule has 10 nitrogen and oxygen atoms in total. The number of aryl methyl sites for hydroxylation is 3. The number of hydrogen-bond donors (Lipinski definition) is 2. The zero-order chi connectivity index (χ0) is 21.0. The molecule has 0 bridgehead atoms. The average Bonchev–Trinajstić information content (AvgIpc) is 3.33. The van der Waals surface area contributed by atoms with Gasteiger partial charge in [0.05, 0.1) is 5.69 Å². The third-order valence-corrected chi connectivity index (χ3v) is 5.33. The predicted molar refractivity (Wildman–Crippen MR) is 102 cm³/mol. The van der Waals surface area contributed by atoms with Gasteiger partial charge in [-0.15, -0.1) is 0 Å². The van der Waals surface area contributed by atoms with Gasteiger partial charge in [0.25, 0.3) is 11.8 Å². The lowest BCUT2D eigenvalue weighted by Gasteiger charge is -2.19. The summed E-state index contributed by atoms with van der Waals surface area (Å²) in [6.07, 6.45) is 3.59. The van der Waals surface area contributed by atoms with E-state index in [1.165, 1.54) is 0 Å². The maximum Gasteiger partial charge on any atom is 0.326 e. The molecular formula is C19H27N5O5. The molecule has 2 aliphatic rings. The van der Waals surface area contributed by atoms with Crippen LogP contribution in [0.4, 0.5) is 4.79 Å². The second kappa shape index (κ2) is 8.62. The first-order chi connectivity index (χ1) is 13.8. The van der Waals surface area contributed by atoms with Crippen LogP contribution in [-0.4, -0.2) is 63.7 Å². The van der Waals surface area contributed by atoms with Crippen molar-refractivity contribution in [2.45, 2.75) is 58.0 Å². The van der Waals surface area contributed by atoms with Crippen LogP contribution in [0.5, 0.6) is 0 Å². The summed E-state index contributed by atoms with van der Waals surface area (Å²) in [6.45, 7) is 4.05. The Morgan fingerprint density at radius 3 is 2.66 bits per heavy atom. The maximum absolute atomic E-state index is 12.5. The normalized spacial score (nSPS) is 17.7. The fourth-order valence-electron chi connectivity index (χ4n) is 3.87. The van der Waals surface area contributed by atoms with Crippen LogP contribution in [0.1, 0.15) is 43.5 Å². The highest BCUT2D eigenvalue weighted by Gasteiger charge is 2.52. The molecule has 1 aromatic rings. The van der Waals surface area contributed by atoms with Crippen molar-refractivity contribution in [3.05, 3.63) is 17.5 Å². The molecule has 1 aliphatic heterocycles. The van der Waals surface area contributed by atoms with Crippen LogP contribution in [-0.2, 0) is 25.7 Å². The Kier molecular flexibility index (Phi) is 6.19. The SMILES string of the molecule is Cc1cc(C)n(CCCNC(=O)COC(=O)CN2C(=O)NC3(CCCC3)C2=O)n1. The van der Waals surface area contributed by atoms with Gasteiger partial charge in [0.15, 0.2) is 6.61 Å². The monoisotopic (exact) mass is 405 g/mol. The Morgan fingerprint density at radius 2 is 2.00 bits per heavy atom. The number of rotatable bonds is 8. The summed E-state index contributed by atoms with van der Waals surface area (Å²) < 4.78 is 6.78. The molecule has 0 aromatic carbocycles. The Bertz CT molecular complexity index is 812. The second-order valence-electron chi connectivity index (χ2n) is 7.63. The quantitative estimate of drug-likeness (QED) is 0.367. The molecule has 1 aromatic heterocycles. The molecule has 2 fully saturated rings. The van der Waals surface area contributed by atoms with Gasteiger partial charge in [0.2, 0.25) is 0 Å². The average molecular weight is 405 g/mol. The number of ether oxygens (including phenoxy) is 1. The highest BCUT2D eigenvalue weighted by Crippen LogP contribution is 2.34. The van der Waals surface area contributed by atoms with E-state index in [4.69, 9.17) is 4.74 Å². The molecule has 0 radical (unpaired) electrons. The molecule has 1 aliphatic carbocycles. The molecule has 1 spiro atoms. The highest BCUT2D eigenvalue weighted by atomic mass is 16.5. The summed E-state index contributed by atoms with van der Waals surface area (Å²) in [5, 5.41) is 9.71. The third kappa shape index (κ3) is 4.75. The van der Waals surface area contributed by atoms with E-state index in [1.54, 1.807) is 0 Å². The molecule has 2 N–H and O–H groups in total. The number of carbonyl (C=O) groups excluding carboxylic acids is 4. The first kappa shape index (κ1) is 20.8. The van der Waals surface area contributed by atoms with Crippen molar-refractivity contribution < 1.29 is 23.9 Å². The van der Waals surface area contributed by atoms with Crippen LogP contribution in [0.2, 0.25) is 0 Å². The smallest absolute Gasteiger partial charge is 0.326 e. The number of hydrogen-bond acceptors (Lipinski definition) is 6. The fourth-order valence-corrected chi connectivity index (χ4v) is 3.87. The summed E-state index contributed by atoms with van der Waals surface area (Å²) in [6, 6.07) is 1.40. The van der Waals surface area contributed by atoms with E-state index in [2.05, 4.69) is 15.7 Å². The Balaban J connectivity index is 1.35. The number of esters is 1. The molecular weight excluding hydrogens is 378 g/mol. The van der Waals surface area contributed by atoms with Gasteiger partial charge >= 0.3 is 12.0 Å². The standard InChI is InChI=1S/C19H27N5O5/c1-13-10-14(2)24(22-13)9-5-8-20-15(25)12-29-16(26)11-23-17(27)19(21-18(23)28)6-3-4-7-19/h10H,3-9,11-12H2,1-2H3,(H,20,25)(H,21,28). The predicted octanol–water partition coefficient (Wildman–Crippen LogP) is 0.414. The maximum atomic E-state index is 12.5.